The van der Waals surface area contributed by atoms with Gasteiger partial charge in [-0.25, -0.2) is 9.59 Å². The van der Waals surface area contributed by atoms with Crippen LogP contribution in [0, 0.1) is 0 Å². The summed E-state index contributed by atoms with van der Waals surface area (Å²) in [5.41, 5.74) is -0.727. The van der Waals surface area contributed by atoms with Crippen molar-refractivity contribution < 1.29 is 28.7 Å². The number of hydrogen-bond acceptors (Lipinski definition) is 6. The first-order valence-electron chi connectivity index (χ1n) is 8.21. The number of rotatable bonds is 6. The van der Waals surface area contributed by atoms with Crippen molar-refractivity contribution in [1.82, 2.24) is 20.9 Å². The number of carbonyl (C=O) groups excluding carboxylic acids is 5. The van der Waals surface area contributed by atoms with E-state index in [4.69, 9.17) is 4.74 Å². The van der Waals surface area contributed by atoms with Gasteiger partial charge in [0.1, 0.15) is 12.1 Å². The fourth-order valence-corrected chi connectivity index (χ4v) is 2.50. The number of nitrogens with one attached hydrogen (secondary N) is 3. The molecule has 1 aliphatic rings. The number of nitrogens with zero attached hydrogens (tertiary/aromatic N) is 1. The first-order chi connectivity index (χ1) is 12.8. The molecular weight excluding hydrogens is 356 g/mol. The van der Waals surface area contributed by atoms with Crippen LogP contribution in [0.15, 0.2) is 30.3 Å². The summed E-state index contributed by atoms with van der Waals surface area (Å²) < 4.78 is 4.71. The van der Waals surface area contributed by atoms with Crippen molar-refractivity contribution in [3.05, 3.63) is 35.9 Å². The van der Waals surface area contributed by atoms with Crippen molar-refractivity contribution in [3.8, 4) is 0 Å². The Labute approximate surface area is 155 Å². The zero-order valence-electron chi connectivity index (χ0n) is 14.9. The lowest BCUT2D eigenvalue weighted by atomic mass is 9.92. The molecule has 1 atom stereocenters. The maximum absolute atomic E-state index is 12.6. The zero-order valence-corrected chi connectivity index (χ0v) is 14.9. The third kappa shape index (κ3) is 4.60. The first kappa shape index (κ1) is 19.9. The summed E-state index contributed by atoms with van der Waals surface area (Å²) in [6.07, 6.45) is 0. The summed E-state index contributed by atoms with van der Waals surface area (Å²) in [6.45, 7) is 2.17. The maximum Gasteiger partial charge on any atom is 0.326 e. The molecule has 10 nitrogen and oxygen atoms in total. The molecule has 0 unspecified atom stereocenters. The van der Waals surface area contributed by atoms with Gasteiger partial charge in [0.2, 0.25) is 0 Å². The number of hydrogen-bond donors (Lipinski definition) is 3. The van der Waals surface area contributed by atoms with E-state index in [1.165, 1.54) is 6.92 Å². The highest BCUT2D eigenvalue weighted by Crippen LogP contribution is 2.28. The third-order valence-corrected chi connectivity index (χ3v) is 3.87. The van der Waals surface area contributed by atoms with E-state index in [1.54, 1.807) is 37.3 Å². The largest absolute Gasteiger partial charge is 0.454 e. The molecule has 0 aliphatic carbocycles. The Balaban J connectivity index is 1.92. The van der Waals surface area contributed by atoms with Crippen LogP contribution in [-0.2, 0) is 24.7 Å². The fraction of sp³-hybridized carbons (Fsp3) is 0.353. The monoisotopic (exact) mass is 376 g/mol. The summed E-state index contributed by atoms with van der Waals surface area (Å²) >= 11 is 0. The number of carbonyl (C=O) groups is 5. The minimum absolute atomic E-state index is 0.325. The van der Waals surface area contributed by atoms with Crippen LogP contribution >= 0.6 is 0 Å². The van der Waals surface area contributed by atoms with E-state index in [2.05, 4.69) is 10.6 Å². The fourth-order valence-electron chi connectivity index (χ4n) is 2.50. The van der Waals surface area contributed by atoms with Crippen LogP contribution in [0.1, 0.15) is 19.4 Å². The van der Waals surface area contributed by atoms with E-state index in [-0.39, 0.29) is 0 Å². The molecule has 1 aromatic rings. The van der Waals surface area contributed by atoms with Crippen molar-refractivity contribution in [1.29, 1.82) is 0 Å². The van der Waals surface area contributed by atoms with Gasteiger partial charge >= 0.3 is 18.0 Å². The molecule has 144 valence electrons. The predicted octanol–water partition coefficient (Wildman–Crippen LogP) is -0.157. The Bertz CT molecular complexity index is 766. The molecule has 0 radical (unpaired) electrons. The lowest BCUT2D eigenvalue weighted by Gasteiger charge is -2.21. The van der Waals surface area contributed by atoms with Gasteiger partial charge in [0.25, 0.3) is 11.8 Å². The molecule has 2 rings (SSSR count). The van der Waals surface area contributed by atoms with Crippen LogP contribution in [0.25, 0.3) is 0 Å². The number of ether oxygens (including phenoxy) is 1. The Kier molecular flexibility index (Phi) is 6.11. The number of urea groups is 2. The van der Waals surface area contributed by atoms with Crippen LogP contribution in [0.5, 0.6) is 0 Å². The number of benzene rings is 1. The van der Waals surface area contributed by atoms with E-state index >= 15 is 0 Å². The second kappa shape index (κ2) is 8.30. The minimum Gasteiger partial charge on any atom is -0.454 e. The quantitative estimate of drug-likeness (QED) is 0.467. The van der Waals surface area contributed by atoms with Gasteiger partial charge in [-0.05, 0) is 19.4 Å². The lowest BCUT2D eigenvalue weighted by molar-refractivity contribution is -0.150. The molecule has 0 aromatic heterocycles. The average molecular weight is 376 g/mol. The van der Waals surface area contributed by atoms with Crippen LogP contribution in [-0.4, -0.2) is 54.4 Å². The van der Waals surface area contributed by atoms with E-state index in [1.807, 2.05) is 5.32 Å². The number of imide groups is 2. The van der Waals surface area contributed by atoms with Crippen molar-refractivity contribution in [2.24, 2.45) is 0 Å². The van der Waals surface area contributed by atoms with E-state index in [0.29, 0.717) is 12.1 Å². The van der Waals surface area contributed by atoms with Crippen LogP contribution < -0.4 is 16.0 Å². The topological polar surface area (TPSA) is 134 Å². The Morgan fingerprint density at radius 2 is 1.85 bits per heavy atom. The molecule has 0 spiro atoms. The van der Waals surface area contributed by atoms with Gasteiger partial charge in [-0.15, -0.1) is 0 Å². The molecule has 1 aromatic carbocycles. The SMILES string of the molecule is CCNC(=O)NC(=O)COC(=O)CN1C(=O)N[C@@](C)(c2ccccc2)C1=O. The molecule has 1 heterocycles. The molecule has 1 saturated heterocycles. The first-order valence-corrected chi connectivity index (χ1v) is 8.21. The normalized spacial score (nSPS) is 18.7. The lowest BCUT2D eigenvalue weighted by Crippen LogP contribution is -2.43. The Morgan fingerprint density at radius 1 is 1.19 bits per heavy atom. The molecule has 0 saturated carbocycles. The summed E-state index contributed by atoms with van der Waals surface area (Å²) in [5, 5.41) is 6.85. The van der Waals surface area contributed by atoms with Crippen molar-refractivity contribution in [2.45, 2.75) is 19.4 Å². The summed E-state index contributed by atoms with van der Waals surface area (Å²) in [7, 11) is 0. The molecule has 0 bridgehead atoms. The predicted molar refractivity (Wildman–Crippen MR) is 92.2 cm³/mol. The zero-order chi connectivity index (χ0) is 20.0. The highest BCUT2D eigenvalue weighted by Gasteiger charge is 2.49. The van der Waals surface area contributed by atoms with Crippen molar-refractivity contribution in [3.63, 3.8) is 0 Å². The summed E-state index contributed by atoms with van der Waals surface area (Å²) in [6, 6.07) is 7.14. The third-order valence-electron chi connectivity index (χ3n) is 3.87. The summed E-state index contributed by atoms with van der Waals surface area (Å²) in [5.74, 6) is -2.40. The van der Waals surface area contributed by atoms with E-state index in [9.17, 15) is 24.0 Å². The molecule has 3 N–H and O–H groups in total. The van der Waals surface area contributed by atoms with E-state index < -0.39 is 48.5 Å². The highest BCUT2D eigenvalue weighted by molar-refractivity contribution is 6.09. The standard InChI is InChI=1S/C17H20N4O6/c1-3-18-15(25)19-12(22)10-27-13(23)9-21-14(24)17(2,20-16(21)26)11-7-5-4-6-8-11/h4-8H,3,9-10H2,1-2H3,(H,20,26)(H2,18,19,22,25)/t17-/m0/s1. The molecular formula is C17H20N4O6. The van der Waals surface area contributed by atoms with Crippen molar-refractivity contribution >= 4 is 29.8 Å². The van der Waals surface area contributed by atoms with Crippen LogP contribution in [0.2, 0.25) is 0 Å². The van der Waals surface area contributed by atoms with Crippen LogP contribution in [0.4, 0.5) is 9.59 Å². The molecule has 1 aliphatic heterocycles. The average Bonchev–Trinajstić information content (AvgIpc) is 2.85. The van der Waals surface area contributed by atoms with E-state index in [0.717, 1.165) is 4.90 Å². The smallest absolute Gasteiger partial charge is 0.326 e. The van der Waals surface area contributed by atoms with Gasteiger partial charge in [0, 0.05) is 6.54 Å². The van der Waals surface area contributed by atoms with Gasteiger partial charge in [-0.2, -0.15) is 0 Å². The number of amides is 6. The number of esters is 1. The maximum atomic E-state index is 12.6. The second-order valence-corrected chi connectivity index (χ2v) is 5.88. The molecule has 6 amide bonds. The highest BCUT2D eigenvalue weighted by atomic mass is 16.5. The van der Waals surface area contributed by atoms with Gasteiger partial charge in [-0.1, -0.05) is 30.3 Å². The van der Waals surface area contributed by atoms with Gasteiger partial charge in [0.05, 0.1) is 0 Å². The van der Waals surface area contributed by atoms with Gasteiger partial charge in [0.15, 0.2) is 6.61 Å². The molecule has 1 fully saturated rings. The van der Waals surface area contributed by atoms with Crippen molar-refractivity contribution in [2.75, 3.05) is 19.7 Å². The second-order valence-electron chi connectivity index (χ2n) is 5.88. The van der Waals surface area contributed by atoms with Gasteiger partial charge in [-0.3, -0.25) is 24.6 Å². The summed E-state index contributed by atoms with van der Waals surface area (Å²) in [4.78, 5) is 60.0. The molecule has 27 heavy (non-hydrogen) atoms. The molecule has 10 heteroatoms. The van der Waals surface area contributed by atoms with Crippen LogP contribution in [0.3, 0.4) is 0 Å². The van der Waals surface area contributed by atoms with Gasteiger partial charge < -0.3 is 15.4 Å². The minimum atomic E-state index is -1.30. The Morgan fingerprint density at radius 3 is 2.48 bits per heavy atom. The Hall–Kier alpha value is -3.43.